The first-order valence-corrected chi connectivity index (χ1v) is 9.51. The van der Waals surface area contributed by atoms with Gasteiger partial charge in [-0.15, -0.1) is 0 Å². The second kappa shape index (κ2) is 9.93. The van der Waals surface area contributed by atoms with E-state index in [1.165, 1.54) is 0 Å². The number of carbonyl (C=O) groups is 1. The molecule has 1 N–H and O–H groups in total. The lowest BCUT2D eigenvalue weighted by Crippen LogP contribution is -2.32. The van der Waals surface area contributed by atoms with Crippen molar-refractivity contribution in [3.8, 4) is 11.8 Å². The predicted octanol–water partition coefficient (Wildman–Crippen LogP) is 4.12. The fourth-order valence-electron chi connectivity index (χ4n) is 2.86. The highest BCUT2D eigenvalue weighted by Crippen LogP contribution is 2.20. The maximum Gasteiger partial charge on any atom is 0.262 e. The van der Waals surface area contributed by atoms with Crippen LogP contribution in [0.4, 0.5) is 0 Å². The van der Waals surface area contributed by atoms with Gasteiger partial charge < -0.3 is 14.8 Å². The van der Waals surface area contributed by atoms with Crippen molar-refractivity contribution in [3.05, 3.63) is 70.3 Å². The van der Waals surface area contributed by atoms with E-state index in [0.717, 1.165) is 30.6 Å². The summed E-state index contributed by atoms with van der Waals surface area (Å²) in [5, 5.41) is 12.7. The summed E-state index contributed by atoms with van der Waals surface area (Å²) in [7, 11) is 0. The first kappa shape index (κ1) is 19.9. The minimum Gasteiger partial charge on any atom is -0.489 e. The van der Waals surface area contributed by atoms with Gasteiger partial charge in [-0.05, 0) is 42.7 Å². The molecule has 0 bridgehead atoms. The van der Waals surface area contributed by atoms with Crippen molar-refractivity contribution in [1.29, 1.82) is 5.26 Å². The molecule has 1 heterocycles. The topological polar surface area (TPSA) is 71.3 Å². The molecule has 0 aromatic heterocycles. The van der Waals surface area contributed by atoms with Gasteiger partial charge >= 0.3 is 0 Å². The highest BCUT2D eigenvalue weighted by molar-refractivity contribution is 6.31. The quantitative estimate of drug-likeness (QED) is 0.564. The van der Waals surface area contributed by atoms with Crippen LogP contribution in [0.5, 0.6) is 5.75 Å². The first-order valence-electron chi connectivity index (χ1n) is 9.13. The maximum atomic E-state index is 12.2. The fourth-order valence-corrected chi connectivity index (χ4v) is 3.05. The fraction of sp³-hybridized carbons (Fsp3) is 0.273. The summed E-state index contributed by atoms with van der Waals surface area (Å²) >= 11 is 6.12. The van der Waals surface area contributed by atoms with Crippen LogP contribution in [0.25, 0.3) is 6.08 Å². The van der Waals surface area contributed by atoms with Gasteiger partial charge in [-0.25, -0.2) is 0 Å². The molecule has 0 unspecified atom stereocenters. The van der Waals surface area contributed by atoms with Crippen molar-refractivity contribution < 1.29 is 14.3 Å². The third-order valence-corrected chi connectivity index (χ3v) is 4.79. The van der Waals surface area contributed by atoms with Crippen LogP contribution in [0.2, 0.25) is 5.02 Å². The lowest BCUT2D eigenvalue weighted by Gasteiger charge is -2.10. The second-order valence-electron chi connectivity index (χ2n) is 6.46. The highest BCUT2D eigenvalue weighted by Gasteiger charge is 2.17. The number of amides is 1. The minimum atomic E-state index is -0.392. The van der Waals surface area contributed by atoms with Crippen LogP contribution in [0.1, 0.15) is 24.0 Å². The lowest BCUT2D eigenvalue weighted by molar-refractivity contribution is -0.117. The molecule has 6 heteroatoms. The normalized spacial score (nSPS) is 16.4. The van der Waals surface area contributed by atoms with E-state index in [2.05, 4.69) is 5.32 Å². The maximum absolute atomic E-state index is 12.2. The average Bonchev–Trinajstić information content (AvgIpc) is 3.24. The van der Waals surface area contributed by atoms with Gasteiger partial charge in [0.05, 0.1) is 6.10 Å². The number of nitriles is 1. The first-order chi connectivity index (χ1) is 13.7. The van der Waals surface area contributed by atoms with Crippen LogP contribution in [0.3, 0.4) is 0 Å². The molecule has 3 rings (SSSR count). The molecule has 2 aromatic rings. The summed E-state index contributed by atoms with van der Waals surface area (Å²) in [6, 6.07) is 16.7. The van der Waals surface area contributed by atoms with Gasteiger partial charge in [-0.3, -0.25) is 4.79 Å². The number of ether oxygens (including phenoxy) is 2. The Hall–Kier alpha value is -2.81. The summed E-state index contributed by atoms with van der Waals surface area (Å²) in [4.78, 5) is 12.2. The van der Waals surface area contributed by atoms with Crippen molar-refractivity contribution in [2.45, 2.75) is 25.6 Å². The summed E-state index contributed by atoms with van der Waals surface area (Å²) in [5.74, 6) is 0.287. The van der Waals surface area contributed by atoms with Crippen LogP contribution < -0.4 is 10.1 Å². The van der Waals surface area contributed by atoms with Crippen LogP contribution in [0.15, 0.2) is 54.1 Å². The van der Waals surface area contributed by atoms with Gasteiger partial charge in [0, 0.05) is 23.7 Å². The Balaban J connectivity index is 1.57. The zero-order valence-electron chi connectivity index (χ0n) is 15.4. The van der Waals surface area contributed by atoms with E-state index in [1.54, 1.807) is 30.3 Å². The standard InChI is InChI=1S/C22H21ClN2O3/c23-21-6-2-1-4-17(21)15-28-19-9-7-16(8-10-19)12-18(13-24)22(26)25-14-20-5-3-11-27-20/h1-2,4,6-10,12,20H,3,5,11,14-15H2,(H,25,26)/b18-12+/t20-/m0/s1. The average molecular weight is 397 g/mol. The Morgan fingerprint density at radius 3 is 2.75 bits per heavy atom. The summed E-state index contributed by atoms with van der Waals surface area (Å²) in [5.41, 5.74) is 1.71. The predicted molar refractivity (Wildman–Crippen MR) is 108 cm³/mol. The van der Waals surface area contributed by atoms with Gasteiger partial charge in [0.1, 0.15) is 24.0 Å². The highest BCUT2D eigenvalue weighted by atomic mass is 35.5. The minimum absolute atomic E-state index is 0.0402. The van der Waals surface area contributed by atoms with E-state index >= 15 is 0 Å². The molecule has 5 nitrogen and oxygen atoms in total. The zero-order valence-corrected chi connectivity index (χ0v) is 16.1. The number of rotatable bonds is 7. The van der Waals surface area contributed by atoms with Crippen molar-refractivity contribution in [2.75, 3.05) is 13.2 Å². The molecule has 0 spiro atoms. The van der Waals surface area contributed by atoms with Crippen molar-refractivity contribution in [3.63, 3.8) is 0 Å². The monoisotopic (exact) mass is 396 g/mol. The Morgan fingerprint density at radius 1 is 1.29 bits per heavy atom. The number of hydrogen-bond acceptors (Lipinski definition) is 4. The Kier molecular flexibility index (Phi) is 7.07. The number of benzene rings is 2. The smallest absolute Gasteiger partial charge is 0.262 e. The molecule has 2 aromatic carbocycles. The molecule has 28 heavy (non-hydrogen) atoms. The van der Waals surface area contributed by atoms with E-state index in [-0.39, 0.29) is 11.7 Å². The SMILES string of the molecule is N#C/C(=C\c1ccc(OCc2ccccc2Cl)cc1)C(=O)NC[C@@H]1CCCO1. The van der Waals surface area contributed by atoms with E-state index in [9.17, 15) is 10.1 Å². The Labute approximate surface area is 169 Å². The molecule has 144 valence electrons. The third kappa shape index (κ3) is 5.59. The summed E-state index contributed by atoms with van der Waals surface area (Å²) in [6.45, 7) is 1.52. The molecule has 0 aliphatic carbocycles. The molecular formula is C22H21ClN2O3. The lowest BCUT2D eigenvalue weighted by atomic mass is 10.1. The zero-order chi connectivity index (χ0) is 19.8. The number of nitrogens with one attached hydrogen (secondary N) is 1. The van der Waals surface area contributed by atoms with Gasteiger partial charge in [-0.2, -0.15) is 5.26 Å². The molecule has 1 fully saturated rings. The molecule has 1 aliphatic rings. The number of halogens is 1. The largest absolute Gasteiger partial charge is 0.489 e. The van der Waals surface area contributed by atoms with Gasteiger partial charge in [0.15, 0.2) is 0 Å². The van der Waals surface area contributed by atoms with Crippen LogP contribution >= 0.6 is 11.6 Å². The number of hydrogen-bond donors (Lipinski definition) is 1. The van der Waals surface area contributed by atoms with Crippen LogP contribution in [-0.4, -0.2) is 25.2 Å². The molecule has 0 saturated carbocycles. The van der Waals surface area contributed by atoms with Gasteiger partial charge in [-0.1, -0.05) is 41.9 Å². The van der Waals surface area contributed by atoms with E-state index in [4.69, 9.17) is 21.1 Å². The Bertz CT molecular complexity index is 881. The third-order valence-electron chi connectivity index (χ3n) is 4.42. The van der Waals surface area contributed by atoms with Crippen LogP contribution in [-0.2, 0) is 16.1 Å². The molecular weight excluding hydrogens is 376 g/mol. The number of nitrogens with zero attached hydrogens (tertiary/aromatic N) is 1. The molecule has 1 saturated heterocycles. The van der Waals surface area contributed by atoms with Crippen molar-refractivity contribution in [2.24, 2.45) is 0 Å². The van der Waals surface area contributed by atoms with Gasteiger partial charge in [0.25, 0.3) is 5.91 Å². The molecule has 1 amide bonds. The molecule has 1 aliphatic heterocycles. The van der Waals surface area contributed by atoms with E-state index in [1.807, 2.05) is 30.3 Å². The second-order valence-corrected chi connectivity index (χ2v) is 6.87. The van der Waals surface area contributed by atoms with Crippen molar-refractivity contribution >= 4 is 23.6 Å². The molecule has 1 atom stereocenters. The van der Waals surface area contributed by atoms with Gasteiger partial charge in [0.2, 0.25) is 0 Å². The molecule has 0 radical (unpaired) electrons. The van der Waals surface area contributed by atoms with E-state index in [0.29, 0.717) is 23.9 Å². The van der Waals surface area contributed by atoms with Crippen LogP contribution in [0, 0.1) is 11.3 Å². The number of carbonyl (C=O) groups excluding carboxylic acids is 1. The summed E-state index contributed by atoms with van der Waals surface area (Å²) in [6.07, 6.45) is 3.54. The Morgan fingerprint density at radius 2 is 2.07 bits per heavy atom. The summed E-state index contributed by atoms with van der Waals surface area (Å²) < 4.78 is 11.2. The van der Waals surface area contributed by atoms with E-state index < -0.39 is 5.91 Å². The van der Waals surface area contributed by atoms with Crippen molar-refractivity contribution in [1.82, 2.24) is 5.32 Å².